The van der Waals surface area contributed by atoms with Crippen molar-refractivity contribution in [2.75, 3.05) is 7.11 Å². The first-order valence-corrected chi connectivity index (χ1v) is 5.15. The van der Waals surface area contributed by atoms with Crippen LogP contribution in [0.2, 0.25) is 10.0 Å². The van der Waals surface area contributed by atoms with Crippen LogP contribution in [0.5, 0.6) is 0 Å². The number of esters is 1. The molecular formula is C10H12Cl2NO2+. The van der Waals surface area contributed by atoms with Crippen LogP contribution in [0.1, 0.15) is 18.0 Å². The minimum absolute atomic E-state index is 0.174. The monoisotopic (exact) mass is 248 g/mol. The molecule has 0 spiro atoms. The minimum Gasteiger partial charge on any atom is -0.469 e. The number of halogens is 2. The zero-order valence-corrected chi connectivity index (χ0v) is 9.81. The number of methoxy groups -OCH3 is 1. The first kappa shape index (κ1) is 12.3. The van der Waals surface area contributed by atoms with E-state index in [1.807, 2.05) is 0 Å². The fourth-order valence-corrected chi connectivity index (χ4v) is 1.48. The van der Waals surface area contributed by atoms with E-state index in [-0.39, 0.29) is 18.4 Å². The summed E-state index contributed by atoms with van der Waals surface area (Å²) in [5.74, 6) is -0.291. The van der Waals surface area contributed by atoms with Crippen LogP contribution in [0.25, 0.3) is 0 Å². The predicted molar refractivity (Wildman–Crippen MR) is 58.7 cm³/mol. The maximum Gasteiger partial charge on any atom is 0.311 e. The predicted octanol–water partition coefficient (Wildman–Crippen LogP) is 1.84. The molecule has 1 aromatic carbocycles. The molecule has 5 heteroatoms. The molecule has 15 heavy (non-hydrogen) atoms. The summed E-state index contributed by atoms with van der Waals surface area (Å²) in [4.78, 5) is 11.0. The zero-order valence-electron chi connectivity index (χ0n) is 8.30. The highest BCUT2D eigenvalue weighted by atomic mass is 35.5. The lowest BCUT2D eigenvalue weighted by Gasteiger charge is -2.08. The lowest BCUT2D eigenvalue weighted by molar-refractivity contribution is -0.425. The molecule has 0 heterocycles. The van der Waals surface area contributed by atoms with E-state index in [9.17, 15) is 4.79 Å². The van der Waals surface area contributed by atoms with Crippen LogP contribution in [0.4, 0.5) is 0 Å². The highest BCUT2D eigenvalue weighted by Gasteiger charge is 2.16. The molecule has 3 nitrogen and oxygen atoms in total. The Labute approximate surface area is 98.1 Å². The topological polar surface area (TPSA) is 53.9 Å². The van der Waals surface area contributed by atoms with Crippen LogP contribution in [0.15, 0.2) is 18.2 Å². The van der Waals surface area contributed by atoms with Gasteiger partial charge in [0.15, 0.2) is 0 Å². The molecule has 3 N–H and O–H groups in total. The van der Waals surface area contributed by atoms with E-state index in [4.69, 9.17) is 23.2 Å². The molecule has 0 aliphatic rings. The number of ether oxygens (including phenoxy) is 1. The Hall–Kier alpha value is -0.770. The molecule has 0 amide bonds. The van der Waals surface area contributed by atoms with Gasteiger partial charge >= 0.3 is 5.97 Å². The Balaban J connectivity index is 2.78. The van der Waals surface area contributed by atoms with Gasteiger partial charge in [-0.15, -0.1) is 0 Å². The van der Waals surface area contributed by atoms with Gasteiger partial charge in [-0.2, -0.15) is 0 Å². The molecule has 0 aliphatic heterocycles. The Morgan fingerprint density at radius 2 is 2.13 bits per heavy atom. The van der Waals surface area contributed by atoms with Crippen molar-refractivity contribution < 1.29 is 15.3 Å². The van der Waals surface area contributed by atoms with Crippen molar-refractivity contribution in [1.29, 1.82) is 0 Å². The second-order valence-corrected chi connectivity index (χ2v) is 3.97. The second kappa shape index (κ2) is 5.35. The van der Waals surface area contributed by atoms with Gasteiger partial charge in [0.05, 0.1) is 17.2 Å². The number of hydrogen-bond donors (Lipinski definition) is 1. The molecule has 0 unspecified atom stereocenters. The molecular weight excluding hydrogens is 237 g/mol. The van der Waals surface area contributed by atoms with E-state index in [1.165, 1.54) is 7.11 Å². The summed E-state index contributed by atoms with van der Waals surface area (Å²) in [6.07, 6.45) is 0.231. The van der Waals surface area contributed by atoms with Crippen molar-refractivity contribution in [2.45, 2.75) is 12.5 Å². The lowest BCUT2D eigenvalue weighted by Crippen LogP contribution is -2.54. The van der Waals surface area contributed by atoms with Gasteiger partial charge in [0.2, 0.25) is 0 Å². The number of benzene rings is 1. The highest BCUT2D eigenvalue weighted by molar-refractivity contribution is 6.42. The average Bonchev–Trinajstić information content (AvgIpc) is 2.21. The summed E-state index contributed by atoms with van der Waals surface area (Å²) >= 11 is 11.6. The fraction of sp³-hybridized carbons (Fsp3) is 0.300. The van der Waals surface area contributed by atoms with Crippen molar-refractivity contribution in [2.24, 2.45) is 0 Å². The van der Waals surface area contributed by atoms with Crippen molar-refractivity contribution in [3.05, 3.63) is 33.8 Å². The highest BCUT2D eigenvalue weighted by Crippen LogP contribution is 2.25. The number of rotatable bonds is 3. The van der Waals surface area contributed by atoms with E-state index in [1.54, 1.807) is 18.2 Å². The van der Waals surface area contributed by atoms with Gasteiger partial charge in [0.25, 0.3) is 0 Å². The second-order valence-electron chi connectivity index (χ2n) is 3.15. The van der Waals surface area contributed by atoms with Crippen LogP contribution >= 0.6 is 23.2 Å². The summed E-state index contributed by atoms with van der Waals surface area (Å²) in [6.45, 7) is 0. The van der Waals surface area contributed by atoms with E-state index in [2.05, 4.69) is 10.5 Å². The molecule has 0 aromatic heterocycles. The molecule has 0 radical (unpaired) electrons. The third kappa shape index (κ3) is 3.38. The lowest BCUT2D eigenvalue weighted by atomic mass is 10.1. The first-order valence-electron chi connectivity index (χ1n) is 4.39. The van der Waals surface area contributed by atoms with Crippen molar-refractivity contribution in [3.63, 3.8) is 0 Å². The Morgan fingerprint density at radius 1 is 1.47 bits per heavy atom. The third-order valence-corrected chi connectivity index (χ3v) is 2.79. The van der Waals surface area contributed by atoms with Crippen LogP contribution in [-0.4, -0.2) is 13.1 Å². The number of hydrogen-bond acceptors (Lipinski definition) is 2. The smallest absolute Gasteiger partial charge is 0.311 e. The van der Waals surface area contributed by atoms with E-state index < -0.39 is 0 Å². The zero-order chi connectivity index (χ0) is 11.4. The van der Waals surface area contributed by atoms with Gasteiger partial charge in [-0.05, 0) is 12.1 Å². The van der Waals surface area contributed by atoms with Crippen LogP contribution < -0.4 is 5.73 Å². The summed E-state index contributed by atoms with van der Waals surface area (Å²) in [6, 6.07) is 5.03. The minimum atomic E-state index is -0.291. The number of quaternary nitrogens is 1. The molecule has 0 aliphatic carbocycles. The molecule has 1 atom stereocenters. The van der Waals surface area contributed by atoms with Crippen molar-refractivity contribution in [3.8, 4) is 0 Å². The van der Waals surface area contributed by atoms with Crippen molar-refractivity contribution >= 4 is 29.2 Å². The standard InChI is InChI=1S/C10H11Cl2NO2/c1-15-10(14)5-9(13)6-2-3-7(11)8(12)4-6/h2-4,9H,5,13H2,1H3/p+1/t9-/m0/s1. The molecule has 0 fully saturated rings. The van der Waals surface area contributed by atoms with Gasteiger partial charge < -0.3 is 10.5 Å². The normalized spacial score (nSPS) is 12.3. The molecule has 1 rings (SSSR count). The summed E-state index contributed by atoms with van der Waals surface area (Å²) in [5, 5.41) is 0.957. The Bertz CT molecular complexity index is 368. The van der Waals surface area contributed by atoms with Gasteiger partial charge in [-0.25, -0.2) is 0 Å². The Morgan fingerprint density at radius 3 is 2.67 bits per heavy atom. The van der Waals surface area contributed by atoms with Gasteiger partial charge in [-0.3, -0.25) is 4.79 Å². The molecule has 0 saturated heterocycles. The third-order valence-electron chi connectivity index (χ3n) is 2.06. The SMILES string of the molecule is COC(=O)C[C@H]([NH3+])c1ccc(Cl)c(Cl)c1. The quantitative estimate of drug-likeness (QED) is 0.831. The summed E-state index contributed by atoms with van der Waals surface area (Å²) in [5.41, 5.74) is 4.73. The van der Waals surface area contributed by atoms with Crippen LogP contribution in [-0.2, 0) is 9.53 Å². The number of carbonyl (C=O) groups excluding carboxylic acids is 1. The van der Waals surface area contributed by atoms with Crippen LogP contribution in [0, 0.1) is 0 Å². The first-order chi connectivity index (χ1) is 7.04. The molecule has 82 valence electrons. The molecule has 0 saturated carbocycles. The van der Waals surface area contributed by atoms with E-state index in [0.29, 0.717) is 10.0 Å². The molecule has 0 bridgehead atoms. The van der Waals surface area contributed by atoms with Gasteiger partial charge in [0.1, 0.15) is 12.5 Å². The number of carbonyl (C=O) groups is 1. The maximum absolute atomic E-state index is 11.0. The Kier molecular flexibility index (Phi) is 4.39. The fourth-order valence-electron chi connectivity index (χ4n) is 1.17. The van der Waals surface area contributed by atoms with E-state index >= 15 is 0 Å². The summed E-state index contributed by atoms with van der Waals surface area (Å²) in [7, 11) is 1.35. The van der Waals surface area contributed by atoms with Crippen LogP contribution in [0.3, 0.4) is 0 Å². The van der Waals surface area contributed by atoms with E-state index in [0.717, 1.165) is 5.56 Å². The van der Waals surface area contributed by atoms with Gasteiger partial charge in [-0.1, -0.05) is 29.3 Å². The van der Waals surface area contributed by atoms with Crippen molar-refractivity contribution in [1.82, 2.24) is 0 Å². The van der Waals surface area contributed by atoms with Gasteiger partial charge in [0, 0.05) is 5.56 Å². The maximum atomic E-state index is 11.0. The summed E-state index contributed by atoms with van der Waals surface area (Å²) < 4.78 is 4.56. The molecule has 1 aromatic rings. The largest absolute Gasteiger partial charge is 0.469 e. The average molecular weight is 249 g/mol.